The molecule has 3 rings (SSSR count). The van der Waals surface area contributed by atoms with E-state index in [1.807, 2.05) is 19.9 Å². The number of fused-ring (bicyclic) bond motifs is 2. The van der Waals surface area contributed by atoms with Crippen molar-refractivity contribution in [3.05, 3.63) is 23.0 Å². The van der Waals surface area contributed by atoms with E-state index in [0.29, 0.717) is 17.6 Å². The Balaban J connectivity index is 2.06. The maximum Gasteiger partial charge on any atom is 0.103 e. The minimum Gasteiger partial charge on any atom is -0.393 e. The largest absolute Gasteiger partial charge is 0.393 e. The standard InChI is InChI=1S/C15H19N3O/c1-9-5-15(14(8-16)10(2)17-9)18-11-3-4-12(18)7-13(19)6-11/h5,11-13,19H,3-4,6-7H2,1-2H3. The van der Waals surface area contributed by atoms with Crippen LogP contribution in [0.25, 0.3) is 0 Å². The van der Waals surface area contributed by atoms with Crippen molar-refractivity contribution in [3.8, 4) is 6.07 Å². The van der Waals surface area contributed by atoms with Crippen LogP contribution in [0, 0.1) is 25.2 Å². The third kappa shape index (κ3) is 1.98. The number of nitrogens with zero attached hydrogens (tertiary/aromatic N) is 3. The molecule has 3 heterocycles. The van der Waals surface area contributed by atoms with Gasteiger partial charge in [0.25, 0.3) is 0 Å². The molecule has 0 saturated carbocycles. The number of pyridine rings is 1. The highest BCUT2D eigenvalue weighted by atomic mass is 16.3. The third-order valence-electron chi connectivity index (χ3n) is 4.41. The number of aromatic nitrogens is 1. The van der Waals surface area contributed by atoms with Crippen LogP contribution in [0.15, 0.2) is 6.07 Å². The van der Waals surface area contributed by atoms with E-state index in [2.05, 4.69) is 16.0 Å². The van der Waals surface area contributed by atoms with Gasteiger partial charge in [-0.1, -0.05) is 0 Å². The summed E-state index contributed by atoms with van der Waals surface area (Å²) in [5.41, 5.74) is 3.48. The number of aryl methyl sites for hydroxylation is 2. The lowest BCUT2D eigenvalue weighted by molar-refractivity contribution is 0.126. The summed E-state index contributed by atoms with van der Waals surface area (Å²) in [7, 11) is 0. The van der Waals surface area contributed by atoms with Crippen LogP contribution in [0.4, 0.5) is 5.69 Å². The summed E-state index contributed by atoms with van der Waals surface area (Å²) in [5.74, 6) is 0. The highest BCUT2D eigenvalue weighted by Gasteiger charge is 2.41. The summed E-state index contributed by atoms with van der Waals surface area (Å²) in [6.45, 7) is 3.87. The molecule has 0 spiro atoms. The predicted molar refractivity (Wildman–Crippen MR) is 73.0 cm³/mol. The van der Waals surface area contributed by atoms with Crippen molar-refractivity contribution >= 4 is 5.69 Å². The number of hydrogen-bond donors (Lipinski definition) is 1. The Labute approximate surface area is 113 Å². The molecule has 19 heavy (non-hydrogen) atoms. The molecule has 2 bridgehead atoms. The number of rotatable bonds is 1. The van der Waals surface area contributed by atoms with Gasteiger partial charge < -0.3 is 10.0 Å². The molecule has 1 N–H and O–H groups in total. The number of piperidine rings is 1. The van der Waals surface area contributed by atoms with Gasteiger partial charge >= 0.3 is 0 Å². The van der Waals surface area contributed by atoms with E-state index in [4.69, 9.17) is 0 Å². The fraction of sp³-hybridized carbons (Fsp3) is 0.600. The van der Waals surface area contributed by atoms with Crippen LogP contribution in [-0.4, -0.2) is 28.3 Å². The van der Waals surface area contributed by atoms with Crippen molar-refractivity contribution in [3.63, 3.8) is 0 Å². The highest BCUT2D eigenvalue weighted by molar-refractivity contribution is 5.63. The molecule has 1 aromatic rings. The maximum atomic E-state index is 9.89. The average Bonchev–Trinajstić information content (AvgIpc) is 2.60. The van der Waals surface area contributed by atoms with Crippen LogP contribution in [0.2, 0.25) is 0 Å². The molecule has 100 valence electrons. The molecular weight excluding hydrogens is 238 g/mol. The zero-order chi connectivity index (χ0) is 13.6. The predicted octanol–water partition coefficient (Wildman–Crippen LogP) is 2.06. The van der Waals surface area contributed by atoms with Gasteiger partial charge in [0, 0.05) is 17.8 Å². The van der Waals surface area contributed by atoms with Gasteiger partial charge in [0.1, 0.15) is 6.07 Å². The Hall–Kier alpha value is -1.60. The van der Waals surface area contributed by atoms with E-state index >= 15 is 0 Å². The smallest absolute Gasteiger partial charge is 0.103 e. The molecule has 2 saturated heterocycles. The molecule has 2 atom stereocenters. The molecule has 0 radical (unpaired) electrons. The lowest BCUT2D eigenvalue weighted by atomic mass is 9.97. The summed E-state index contributed by atoms with van der Waals surface area (Å²) >= 11 is 0. The van der Waals surface area contributed by atoms with Crippen molar-refractivity contribution in [1.29, 1.82) is 5.26 Å². The number of aliphatic hydroxyl groups is 1. The fourth-order valence-electron chi connectivity index (χ4n) is 3.69. The first kappa shape index (κ1) is 12.4. The molecule has 0 amide bonds. The Bertz CT molecular complexity index is 535. The number of aliphatic hydroxyl groups excluding tert-OH is 1. The molecule has 4 nitrogen and oxygen atoms in total. The van der Waals surface area contributed by atoms with Gasteiger partial charge in [0.2, 0.25) is 0 Å². The summed E-state index contributed by atoms with van der Waals surface area (Å²) in [6, 6.07) is 5.08. The van der Waals surface area contributed by atoms with Crippen LogP contribution in [0.3, 0.4) is 0 Å². The number of nitriles is 1. The van der Waals surface area contributed by atoms with Crippen molar-refractivity contribution in [1.82, 2.24) is 4.98 Å². The normalized spacial score (nSPS) is 29.4. The highest BCUT2D eigenvalue weighted by Crippen LogP contribution is 2.41. The summed E-state index contributed by atoms with van der Waals surface area (Å²) < 4.78 is 0. The summed E-state index contributed by atoms with van der Waals surface area (Å²) in [4.78, 5) is 6.75. The number of anilines is 1. The lowest BCUT2D eigenvalue weighted by Crippen LogP contribution is -2.45. The van der Waals surface area contributed by atoms with E-state index in [9.17, 15) is 10.4 Å². The van der Waals surface area contributed by atoms with Gasteiger partial charge in [-0.25, -0.2) is 0 Å². The van der Waals surface area contributed by atoms with Gasteiger partial charge in [-0.15, -0.1) is 0 Å². The molecule has 2 aliphatic rings. The van der Waals surface area contributed by atoms with E-state index in [1.54, 1.807) is 0 Å². The topological polar surface area (TPSA) is 60.1 Å². The molecule has 0 aliphatic carbocycles. The molecule has 1 aromatic heterocycles. The maximum absolute atomic E-state index is 9.89. The van der Waals surface area contributed by atoms with Crippen molar-refractivity contribution in [2.75, 3.05) is 4.90 Å². The van der Waals surface area contributed by atoms with Crippen LogP contribution in [0.5, 0.6) is 0 Å². The zero-order valence-corrected chi connectivity index (χ0v) is 11.4. The van der Waals surface area contributed by atoms with Crippen LogP contribution in [-0.2, 0) is 0 Å². The molecule has 2 fully saturated rings. The minimum atomic E-state index is -0.177. The second kappa shape index (κ2) is 4.50. The summed E-state index contributed by atoms with van der Waals surface area (Å²) in [5, 5.41) is 19.3. The van der Waals surface area contributed by atoms with Crippen LogP contribution in [0.1, 0.15) is 42.6 Å². The minimum absolute atomic E-state index is 0.177. The van der Waals surface area contributed by atoms with Crippen molar-refractivity contribution in [2.24, 2.45) is 0 Å². The third-order valence-corrected chi connectivity index (χ3v) is 4.41. The Kier molecular flexibility index (Phi) is 2.94. The second-order valence-electron chi connectivity index (χ2n) is 5.77. The average molecular weight is 257 g/mol. The fourth-order valence-corrected chi connectivity index (χ4v) is 3.69. The van der Waals surface area contributed by atoms with Crippen molar-refractivity contribution in [2.45, 2.75) is 57.7 Å². The molecule has 4 heteroatoms. The molecule has 2 aliphatic heterocycles. The first-order chi connectivity index (χ1) is 9.10. The van der Waals surface area contributed by atoms with E-state index in [-0.39, 0.29) is 6.10 Å². The van der Waals surface area contributed by atoms with E-state index in [0.717, 1.165) is 42.8 Å². The monoisotopic (exact) mass is 257 g/mol. The van der Waals surface area contributed by atoms with E-state index < -0.39 is 0 Å². The van der Waals surface area contributed by atoms with Crippen LogP contribution >= 0.6 is 0 Å². The molecule has 2 unspecified atom stereocenters. The SMILES string of the molecule is Cc1cc(N2C3CCC2CC(O)C3)c(C#N)c(C)n1. The van der Waals surface area contributed by atoms with Gasteiger partial charge in [-0.05, 0) is 45.6 Å². The van der Waals surface area contributed by atoms with Crippen LogP contribution < -0.4 is 4.90 Å². The zero-order valence-electron chi connectivity index (χ0n) is 11.4. The second-order valence-corrected chi connectivity index (χ2v) is 5.77. The van der Waals surface area contributed by atoms with Gasteiger partial charge in [0.05, 0.1) is 23.0 Å². The Morgan fingerprint density at radius 2 is 1.95 bits per heavy atom. The lowest BCUT2D eigenvalue weighted by Gasteiger charge is -2.39. The quantitative estimate of drug-likeness (QED) is 0.836. The molecule has 0 aromatic carbocycles. The van der Waals surface area contributed by atoms with Gasteiger partial charge in [0.15, 0.2) is 0 Å². The molecular formula is C15H19N3O. The Morgan fingerprint density at radius 3 is 2.53 bits per heavy atom. The van der Waals surface area contributed by atoms with Gasteiger partial charge in [-0.2, -0.15) is 5.26 Å². The Morgan fingerprint density at radius 1 is 1.32 bits per heavy atom. The van der Waals surface area contributed by atoms with Gasteiger partial charge in [-0.3, -0.25) is 4.98 Å². The number of hydrogen-bond acceptors (Lipinski definition) is 4. The van der Waals surface area contributed by atoms with E-state index in [1.165, 1.54) is 0 Å². The van der Waals surface area contributed by atoms with Crippen molar-refractivity contribution < 1.29 is 5.11 Å². The first-order valence-corrected chi connectivity index (χ1v) is 6.95. The summed E-state index contributed by atoms with van der Waals surface area (Å²) in [6.07, 6.45) is 3.70. The first-order valence-electron chi connectivity index (χ1n) is 6.95.